The lowest BCUT2D eigenvalue weighted by atomic mass is 10.0. The van der Waals surface area contributed by atoms with Crippen molar-refractivity contribution in [1.29, 1.82) is 0 Å². The van der Waals surface area contributed by atoms with E-state index in [1.165, 1.54) is 37.7 Å². The highest BCUT2D eigenvalue weighted by molar-refractivity contribution is 9.10. The summed E-state index contributed by atoms with van der Waals surface area (Å²) in [6.07, 6.45) is 7.30. The first-order valence-corrected chi connectivity index (χ1v) is 6.96. The summed E-state index contributed by atoms with van der Waals surface area (Å²) in [6, 6.07) is 5.27. The molecular weight excluding hydrogens is 280 g/mol. The van der Waals surface area contributed by atoms with Crippen LogP contribution in [0.5, 0.6) is 0 Å². The molecule has 0 aromatic heterocycles. The first-order chi connectivity index (χ1) is 8.15. The van der Waals surface area contributed by atoms with Gasteiger partial charge in [-0.2, -0.15) is 0 Å². The van der Waals surface area contributed by atoms with Gasteiger partial charge in [0.15, 0.2) is 0 Å². The molecule has 0 fully saturated rings. The molecule has 2 nitrogen and oxygen atoms in total. The van der Waals surface area contributed by atoms with Crippen molar-refractivity contribution >= 4 is 21.9 Å². The molecule has 0 aliphatic rings. The molecule has 1 N–H and O–H groups in total. The second-order valence-electron chi connectivity index (χ2n) is 4.28. The summed E-state index contributed by atoms with van der Waals surface area (Å²) in [5, 5.41) is 8.85. The first kappa shape index (κ1) is 14.2. The number of aryl methyl sites for hydroxylation is 1. The van der Waals surface area contributed by atoms with E-state index >= 15 is 0 Å². The number of carbonyl (C=O) groups is 1. The minimum absolute atomic E-state index is 0.339. The Morgan fingerprint density at radius 2 is 1.94 bits per heavy atom. The monoisotopic (exact) mass is 298 g/mol. The third kappa shape index (κ3) is 4.90. The summed E-state index contributed by atoms with van der Waals surface area (Å²) in [5.74, 6) is -0.875. The Morgan fingerprint density at radius 1 is 1.24 bits per heavy atom. The third-order valence-corrected chi connectivity index (χ3v) is 3.59. The van der Waals surface area contributed by atoms with Crippen molar-refractivity contribution in [3.63, 3.8) is 0 Å². The molecule has 0 saturated heterocycles. The number of carboxylic acids is 1. The Balaban J connectivity index is 2.46. The first-order valence-electron chi connectivity index (χ1n) is 6.17. The van der Waals surface area contributed by atoms with Crippen molar-refractivity contribution in [2.24, 2.45) is 0 Å². The van der Waals surface area contributed by atoms with Crippen LogP contribution in [0, 0.1) is 0 Å². The molecule has 0 aliphatic heterocycles. The van der Waals surface area contributed by atoms with Gasteiger partial charge in [-0.1, -0.05) is 54.6 Å². The van der Waals surface area contributed by atoms with E-state index in [1.54, 1.807) is 12.1 Å². The van der Waals surface area contributed by atoms with Gasteiger partial charge < -0.3 is 5.11 Å². The summed E-state index contributed by atoms with van der Waals surface area (Å²) in [4.78, 5) is 10.8. The lowest BCUT2D eigenvalue weighted by Gasteiger charge is -2.05. The minimum Gasteiger partial charge on any atom is -0.478 e. The Bertz CT molecular complexity index is 374. The molecule has 1 aromatic rings. The van der Waals surface area contributed by atoms with E-state index in [1.807, 2.05) is 6.07 Å². The van der Waals surface area contributed by atoms with Gasteiger partial charge in [-0.05, 0) is 30.5 Å². The van der Waals surface area contributed by atoms with E-state index in [9.17, 15) is 4.79 Å². The zero-order valence-corrected chi connectivity index (χ0v) is 11.8. The maximum atomic E-state index is 10.8. The molecule has 17 heavy (non-hydrogen) atoms. The van der Waals surface area contributed by atoms with Crippen molar-refractivity contribution in [2.75, 3.05) is 0 Å². The van der Waals surface area contributed by atoms with Gasteiger partial charge in [0.1, 0.15) is 0 Å². The van der Waals surface area contributed by atoms with Crippen LogP contribution >= 0.6 is 15.9 Å². The van der Waals surface area contributed by atoms with Gasteiger partial charge >= 0.3 is 5.97 Å². The van der Waals surface area contributed by atoms with Crippen LogP contribution in [-0.2, 0) is 6.42 Å². The van der Waals surface area contributed by atoms with Crippen LogP contribution in [0.15, 0.2) is 22.7 Å². The van der Waals surface area contributed by atoms with Crippen LogP contribution < -0.4 is 0 Å². The van der Waals surface area contributed by atoms with Crippen molar-refractivity contribution in [2.45, 2.75) is 45.4 Å². The van der Waals surface area contributed by atoms with Crippen molar-refractivity contribution in [1.82, 2.24) is 0 Å². The Hall–Kier alpha value is -0.830. The minimum atomic E-state index is -0.875. The predicted octanol–water partition coefficient (Wildman–Crippen LogP) is 4.66. The fraction of sp³-hybridized carbons (Fsp3) is 0.500. The highest BCUT2D eigenvalue weighted by Crippen LogP contribution is 2.21. The SMILES string of the molecule is CCCCCCCc1ccc(C(=O)O)cc1Br. The number of rotatable bonds is 7. The van der Waals surface area contributed by atoms with E-state index in [0.717, 1.165) is 10.9 Å². The maximum Gasteiger partial charge on any atom is 0.335 e. The van der Waals surface area contributed by atoms with Gasteiger partial charge in [0, 0.05) is 4.47 Å². The summed E-state index contributed by atoms with van der Waals surface area (Å²) in [6.45, 7) is 2.21. The van der Waals surface area contributed by atoms with Crippen LogP contribution in [0.2, 0.25) is 0 Å². The van der Waals surface area contributed by atoms with E-state index < -0.39 is 5.97 Å². The molecule has 1 rings (SSSR count). The number of halogens is 1. The maximum absolute atomic E-state index is 10.8. The lowest BCUT2D eigenvalue weighted by molar-refractivity contribution is 0.0697. The molecule has 0 spiro atoms. The van der Waals surface area contributed by atoms with E-state index in [4.69, 9.17) is 5.11 Å². The molecule has 0 aliphatic carbocycles. The van der Waals surface area contributed by atoms with Gasteiger partial charge in [-0.25, -0.2) is 4.79 Å². The number of hydrogen-bond acceptors (Lipinski definition) is 1. The number of unbranched alkanes of at least 4 members (excludes halogenated alkanes) is 4. The summed E-state index contributed by atoms with van der Waals surface area (Å²) in [7, 11) is 0. The van der Waals surface area contributed by atoms with Gasteiger partial charge in [-0.15, -0.1) is 0 Å². The molecule has 1 aromatic carbocycles. The molecule has 0 radical (unpaired) electrons. The summed E-state index contributed by atoms with van der Waals surface area (Å²) >= 11 is 3.43. The quantitative estimate of drug-likeness (QED) is 0.743. The number of carboxylic acid groups (broad SMARTS) is 1. The average Bonchev–Trinajstić information content (AvgIpc) is 2.30. The average molecular weight is 299 g/mol. The topological polar surface area (TPSA) is 37.3 Å². The molecular formula is C14H19BrO2. The molecule has 3 heteroatoms. The van der Waals surface area contributed by atoms with E-state index in [0.29, 0.717) is 5.56 Å². The molecule has 0 saturated carbocycles. The van der Waals surface area contributed by atoms with Crippen LogP contribution in [0.25, 0.3) is 0 Å². The number of benzene rings is 1. The standard InChI is InChI=1S/C14H19BrO2/c1-2-3-4-5-6-7-11-8-9-12(14(16)17)10-13(11)15/h8-10H,2-7H2,1H3,(H,16,17). The van der Waals surface area contributed by atoms with Gasteiger partial charge in [0.25, 0.3) is 0 Å². The van der Waals surface area contributed by atoms with Crippen LogP contribution in [0.3, 0.4) is 0 Å². The van der Waals surface area contributed by atoms with Crippen LogP contribution in [0.1, 0.15) is 54.9 Å². The normalized spacial score (nSPS) is 10.5. The van der Waals surface area contributed by atoms with E-state index in [-0.39, 0.29) is 0 Å². The van der Waals surface area contributed by atoms with Crippen molar-refractivity contribution in [3.8, 4) is 0 Å². The highest BCUT2D eigenvalue weighted by atomic mass is 79.9. The predicted molar refractivity (Wildman–Crippen MR) is 73.6 cm³/mol. The Morgan fingerprint density at radius 3 is 2.53 bits per heavy atom. The summed E-state index contributed by atoms with van der Waals surface area (Å²) in [5.41, 5.74) is 1.54. The second-order valence-corrected chi connectivity index (χ2v) is 5.13. The zero-order chi connectivity index (χ0) is 12.7. The fourth-order valence-electron chi connectivity index (χ4n) is 1.80. The molecule has 0 amide bonds. The molecule has 94 valence electrons. The Labute approximate surface area is 111 Å². The van der Waals surface area contributed by atoms with Crippen molar-refractivity contribution < 1.29 is 9.90 Å². The van der Waals surface area contributed by atoms with Crippen LogP contribution in [-0.4, -0.2) is 11.1 Å². The molecule has 0 heterocycles. The fourth-order valence-corrected chi connectivity index (χ4v) is 2.38. The number of hydrogen-bond donors (Lipinski definition) is 1. The van der Waals surface area contributed by atoms with Gasteiger partial charge in [0.2, 0.25) is 0 Å². The number of aromatic carboxylic acids is 1. The molecule has 0 bridgehead atoms. The van der Waals surface area contributed by atoms with Gasteiger partial charge in [0.05, 0.1) is 5.56 Å². The zero-order valence-electron chi connectivity index (χ0n) is 10.2. The van der Waals surface area contributed by atoms with E-state index in [2.05, 4.69) is 22.9 Å². The Kier molecular flexibility index (Phi) is 6.27. The van der Waals surface area contributed by atoms with Crippen molar-refractivity contribution in [3.05, 3.63) is 33.8 Å². The third-order valence-electron chi connectivity index (χ3n) is 2.85. The van der Waals surface area contributed by atoms with Crippen LogP contribution in [0.4, 0.5) is 0 Å². The molecule has 0 unspecified atom stereocenters. The highest BCUT2D eigenvalue weighted by Gasteiger charge is 2.06. The second kappa shape index (κ2) is 7.49. The largest absolute Gasteiger partial charge is 0.478 e. The van der Waals surface area contributed by atoms with Gasteiger partial charge in [-0.3, -0.25) is 0 Å². The summed E-state index contributed by atoms with van der Waals surface area (Å²) < 4.78 is 0.910. The molecule has 0 atom stereocenters. The smallest absolute Gasteiger partial charge is 0.335 e. The lowest BCUT2D eigenvalue weighted by Crippen LogP contribution is -1.97.